The number of carboxylic acids is 1. The molecule has 0 radical (unpaired) electrons. The number of rotatable bonds is 3. The molecule has 1 aromatic carbocycles. The maximum Gasteiger partial charge on any atom is 0.308 e. The molecule has 0 aliphatic heterocycles. The van der Waals surface area contributed by atoms with Gasteiger partial charge in [-0.3, -0.25) is 9.59 Å². The molecule has 0 spiro atoms. The van der Waals surface area contributed by atoms with Gasteiger partial charge in [0.25, 0.3) is 5.91 Å². The summed E-state index contributed by atoms with van der Waals surface area (Å²) in [6.07, 6.45) is 3.74. The molecule has 4 nitrogen and oxygen atoms in total. The Kier molecular flexibility index (Phi) is 5.17. The largest absolute Gasteiger partial charge is 0.481 e. The van der Waals surface area contributed by atoms with Gasteiger partial charge >= 0.3 is 5.97 Å². The average molecular weight is 314 g/mol. The van der Waals surface area contributed by atoms with Crippen LogP contribution in [-0.2, 0) is 4.79 Å². The number of hydrogen-bond donors (Lipinski definition) is 2. The second-order valence-electron chi connectivity index (χ2n) is 5.29. The van der Waals surface area contributed by atoms with Crippen LogP contribution in [0.15, 0.2) is 18.2 Å². The van der Waals surface area contributed by atoms with Gasteiger partial charge in [-0.15, -0.1) is 0 Å². The summed E-state index contributed by atoms with van der Waals surface area (Å²) in [5.74, 6) is -2.84. The van der Waals surface area contributed by atoms with E-state index in [4.69, 9.17) is 11.6 Å². The first kappa shape index (κ1) is 15.8. The van der Waals surface area contributed by atoms with Gasteiger partial charge in [-0.1, -0.05) is 30.9 Å². The average Bonchev–Trinajstić information content (AvgIpc) is 2.67. The Bertz CT molecular complexity index is 550. The van der Waals surface area contributed by atoms with Crippen molar-refractivity contribution in [2.75, 3.05) is 0 Å². The van der Waals surface area contributed by atoms with E-state index in [0.29, 0.717) is 12.8 Å². The minimum Gasteiger partial charge on any atom is -0.481 e. The van der Waals surface area contributed by atoms with Crippen molar-refractivity contribution in [2.24, 2.45) is 5.92 Å². The van der Waals surface area contributed by atoms with Crippen molar-refractivity contribution < 1.29 is 19.1 Å². The van der Waals surface area contributed by atoms with E-state index < -0.39 is 29.7 Å². The highest BCUT2D eigenvalue weighted by Gasteiger charge is 2.31. The van der Waals surface area contributed by atoms with E-state index in [1.807, 2.05) is 0 Å². The highest BCUT2D eigenvalue weighted by Crippen LogP contribution is 2.24. The molecule has 1 aliphatic carbocycles. The molecule has 0 saturated heterocycles. The van der Waals surface area contributed by atoms with Gasteiger partial charge in [0.2, 0.25) is 0 Å². The van der Waals surface area contributed by atoms with Gasteiger partial charge < -0.3 is 10.4 Å². The zero-order valence-electron chi connectivity index (χ0n) is 11.4. The summed E-state index contributed by atoms with van der Waals surface area (Å²) in [6.45, 7) is 0. The lowest BCUT2D eigenvalue weighted by Gasteiger charge is -2.23. The van der Waals surface area contributed by atoms with Crippen LogP contribution in [0.25, 0.3) is 0 Å². The fourth-order valence-corrected chi connectivity index (χ4v) is 2.87. The molecule has 2 N–H and O–H groups in total. The molecule has 2 rings (SSSR count). The Balaban J connectivity index is 2.16. The predicted octanol–water partition coefficient (Wildman–Crippen LogP) is 3.24. The van der Waals surface area contributed by atoms with E-state index in [1.165, 1.54) is 12.1 Å². The molecule has 1 aliphatic rings. The van der Waals surface area contributed by atoms with Crippen molar-refractivity contribution in [3.63, 3.8) is 0 Å². The van der Waals surface area contributed by atoms with Crippen molar-refractivity contribution in [3.8, 4) is 0 Å². The molecule has 0 aromatic heterocycles. The summed E-state index contributed by atoms with van der Waals surface area (Å²) >= 11 is 5.77. The number of carbonyl (C=O) groups is 2. The van der Waals surface area contributed by atoms with Crippen LogP contribution in [0.2, 0.25) is 5.02 Å². The lowest BCUT2D eigenvalue weighted by molar-refractivity contribution is -0.142. The number of hydrogen-bond acceptors (Lipinski definition) is 2. The Labute approximate surface area is 127 Å². The summed E-state index contributed by atoms with van der Waals surface area (Å²) in [4.78, 5) is 23.5. The Morgan fingerprint density at radius 1 is 1.24 bits per heavy atom. The maximum absolute atomic E-state index is 13.7. The summed E-state index contributed by atoms with van der Waals surface area (Å²) in [7, 11) is 0. The predicted molar refractivity (Wildman–Crippen MR) is 76.9 cm³/mol. The summed E-state index contributed by atoms with van der Waals surface area (Å²) in [6, 6.07) is 3.26. The van der Waals surface area contributed by atoms with Gasteiger partial charge in [-0.25, -0.2) is 4.39 Å². The molecule has 0 unspecified atom stereocenters. The molecule has 114 valence electrons. The van der Waals surface area contributed by atoms with Crippen LogP contribution in [-0.4, -0.2) is 23.0 Å². The smallest absolute Gasteiger partial charge is 0.308 e. The third-order valence-corrected chi connectivity index (χ3v) is 4.06. The van der Waals surface area contributed by atoms with Gasteiger partial charge in [0.15, 0.2) is 0 Å². The van der Waals surface area contributed by atoms with Crippen molar-refractivity contribution in [2.45, 2.75) is 38.1 Å². The molecule has 1 fully saturated rings. The quantitative estimate of drug-likeness (QED) is 0.842. The monoisotopic (exact) mass is 313 g/mol. The fourth-order valence-electron chi connectivity index (χ4n) is 2.69. The SMILES string of the molecule is O=C(N[C@H]1CCCCC[C@H]1C(=O)O)c1cc(Cl)ccc1F. The highest BCUT2D eigenvalue weighted by atomic mass is 35.5. The minimum atomic E-state index is -0.922. The molecule has 1 saturated carbocycles. The van der Waals surface area contributed by atoms with E-state index in [0.717, 1.165) is 25.3 Å². The summed E-state index contributed by atoms with van der Waals surface area (Å²) in [5, 5.41) is 12.2. The molecule has 0 bridgehead atoms. The molecule has 1 amide bonds. The van der Waals surface area contributed by atoms with E-state index in [1.54, 1.807) is 0 Å². The lowest BCUT2D eigenvalue weighted by atomic mass is 9.94. The van der Waals surface area contributed by atoms with Crippen molar-refractivity contribution in [3.05, 3.63) is 34.6 Å². The second-order valence-corrected chi connectivity index (χ2v) is 5.72. The number of nitrogens with one attached hydrogen (secondary N) is 1. The van der Waals surface area contributed by atoms with E-state index in [9.17, 15) is 19.1 Å². The first-order valence-corrected chi connectivity index (χ1v) is 7.35. The summed E-state index contributed by atoms with van der Waals surface area (Å²) < 4.78 is 13.7. The van der Waals surface area contributed by atoms with Crippen LogP contribution in [0.4, 0.5) is 4.39 Å². The molecular formula is C15H17ClFNO3. The van der Waals surface area contributed by atoms with Crippen molar-refractivity contribution in [1.29, 1.82) is 0 Å². The van der Waals surface area contributed by atoms with Crippen LogP contribution >= 0.6 is 11.6 Å². The number of halogens is 2. The number of benzene rings is 1. The van der Waals surface area contributed by atoms with Crippen LogP contribution in [0.5, 0.6) is 0 Å². The Morgan fingerprint density at radius 2 is 1.95 bits per heavy atom. The van der Waals surface area contributed by atoms with Gasteiger partial charge in [0.1, 0.15) is 5.82 Å². The summed E-state index contributed by atoms with van der Waals surface area (Å²) in [5.41, 5.74) is -0.157. The second kappa shape index (κ2) is 6.89. The van der Waals surface area contributed by atoms with E-state index >= 15 is 0 Å². The number of carbonyl (C=O) groups excluding carboxylic acids is 1. The topological polar surface area (TPSA) is 66.4 Å². The van der Waals surface area contributed by atoms with Gasteiger partial charge in [-0.2, -0.15) is 0 Å². The van der Waals surface area contributed by atoms with E-state index in [2.05, 4.69) is 5.32 Å². The van der Waals surface area contributed by atoms with Gasteiger partial charge in [-0.05, 0) is 31.0 Å². The molecule has 0 heterocycles. The van der Waals surface area contributed by atoms with Crippen LogP contribution < -0.4 is 5.32 Å². The van der Waals surface area contributed by atoms with E-state index in [-0.39, 0.29) is 10.6 Å². The first-order chi connectivity index (χ1) is 9.99. The minimum absolute atomic E-state index is 0.157. The first-order valence-electron chi connectivity index (χ1n) is 6.98. The molecule has 21 heavy (non-hydrogen) atoms. The highest BCUT2D eigenvalue weighted by molar-refractivity contribution is 6.31. The van der Waals surface area contributed by atoms with Crippen molar-refractivity contribution >= 4 is 23.5 Å². The van der Waals surface area contributed by atoms with Crippen molar-refractivity contribution in [1.82, 2.24) is 5.32 Å². The molecular weight excluding hydrogens is 297 g/mol. The van der Waals surface area contributed by atoms with Crippen LogP contribution in [0, 0.1) is 11.7 Å². The Morgan fingerprint density at radius 3 is 2.67 bits per heavy atom. The van der Waals surface area contributed by atoms with Crippen LogP contribution in [0.1, 0.15) is 42.5 Å². The number of aliphatic carboxylic acids is 1. The normalized spacial score (nSPS) is 22.4. The number of amides is 1. The third kappa shape index (κ3) is 3.94. The molecule has 6 heteroatoms. The Hall–Kier alpha value is -1.62. The maximum atomic E-state index is 13.7. The molecule has 2 atom stereocenters. The van der Waals surface area contributed by atoms with Gasteiger partial charge in [0.05, 0.1) is 11.5 Å². The zero-order chi connectivity index (χ0) is 15.4. The number of carboxylic acid groups (broad SMARTS) is 1. The third-order valence-electron chi connectivity index (χ3n) is 3.82. The van der Waals surface area contributed by atoms with Gasteiger partial charge in [0, 0.05) is 11.1 Å². The van der Waals surface area contributed by atoms with Crippen LogP contribution in [0.3, 0.4) is 0 Å². The standard InChI is InChI=1S/C15H17ClFNO3/c16-9-6-7-12(17)11(8-9)14(19)18-13-5-3-1-2-4-10(13)15(20)21/h6-8,10,13H,1-5H2,(H,18,19)(H,20,21)/t10-,13+/m1/s1. The molecule has 1 aromatic rings. The fraction of sp³-hybridized carbons (Fsp3) is 0.467. The lowest BCUT2D eigenvalue weighted by Crippen LogP contribution is -2.43. The zero-order valence-corrected chi connectivity index (χ0v) is 12.2.